The zero-order valence-corrected chi connectivity index (χ0v) is 18.7. The van der Waals surface area contributed by atoms with E-state index in [9.17, 15) is 13.2 Å². The number of aryl methyl sites for hydroxylation is 1. The zero-order valence-electron chi connectivity index (χ0n) is 17.9. The van der Waals surface area contributed by atoms with Gasteiger partial charge in [0, 0.05) is 26.6 Å². The minimum Gasteiger partial charge on any atom is -0.494 e. The van der Waals surface area contributed by atoms with Crippen molar-refractivity contribution < 1.29 is 17.9 Å². The summed E-state index contributed by atoms with van der Waals surface area (Å²) in [6, 6.07) is 8.13. The van der Waals surface area contributed by atoms with Crippen molar-refractivity contribution >= 4 is 15.7 Å². The quantitative estimate of drug-likeness (QED) is 0.503. The summed E-state index contributed by atoms with van der Waals surface area (Å²) < 4.78 is 31.2. The van der Waals surface area contributed by atoms with E-state index in [0.717, 1.165) is 30.1 Å². The van der Waals surface area contributed by atoms with Gasteiger partial charge in [0.05, 0.1) is 12.4 Å². The van der Waals surface area contributed by atoms with Crippen LogP contribution in [-0.4, -0.2) is 71.4 Å². The topological polar surface area (TPSA) is 119 Å². The first-order valence-corrected chi connectivity index (χ1v) is 12.3. The monoisotopic (exact) mass is 450 g/mol. The molecule has 1 N–H and O–H groups in total. The number of amides is 1. The van der Waals surface area contributed by atoms with Crippen LogP contribution in [0.2, 0.25) is 0 Å². The molecule has 1 fully saturated rings. The van der Waals surface area contributed by atoms with Gasteiger partial charge in [0.2, 0.25) is 15.7 Å². The molecule has 0 radical (unpaired) electrons. The summed E-state index contributed by atoms with van der Waals surface area (Å²) in [5.41, 5.74) is 1.24. The Morgan fingerprint density at radius 2 is 2.03 bits per heavy atom. The Balaban J connectivity index is 1.32. The van der Waals surface area contributed by atoms with Gasteiger partial charge >= 0.3 is 0 Å². The van der Waals surface area contributed by atoms with Gasteiger partial charge in [-0.15, -0.1) is 0 Å². The standard InChI is InChI=1S/C20H30N6O4S/c1-25-20(22-23-24-25)31(28,29)14-9-19(27)21-10-6-13-30-18-8-5-7-17(15-18)16-26-11-3-2-4-12-26/h5,7-8,15H,2-4,6,9-14,16H2,1H3,(H,21,27). The van der Waals surface area contributed by atoms with Gasteiger partial charge in [-0.05, 0) is 60.5 Å². The normalized spacial score (nSPS) is 15.0. The van der Waals surface area contributed by atoms with Crippen LogP contribution in [0.5, 0.6) is 5.75 Å². The van der Waals surface area contributed by atoms with Crippen molar-refractivity contribution in [1.82, 2.24) is 30.4 Å². The highest BCUT2D eigenvalue weighted by Gasteiger charge is 2.22. The number of rotatable bonds is 11. The van der Waals surface area contributed by atoms with Gasteiger partial charge in [-0.1, -0.05) is 23.7 Å². The molecule has 11 heteroatoms. The number of ether oxygens (including phenoxy) is 1. The van der Waals surface area contributed by atoms with Gasteiger partial charge in [0.25, 0.3) is 5.16 Å². The van der Waals surface area contributed by atoms with Crippen LogP contribution < -0.4 is 10.1 Å². The molecule has 0 aliphatic carbocycles. The fraction of sp³-hybridized carbons (Fsp3) is 0.600. The Kier molecular flexibility index (Phi) is 8.35. The van der Waals surface area contributed by atoms with Crippen molar-refractivity contribution in [3.8, 4) is 5.75 Å². The van der Waals surface area contributed by atoms with Gasteiger partial charge in [0.15, 0.2) is 0 Å². The average molecular weight is 451 g/mol. The van der Waals surface area contributed by atoms with E-state index in [4.69, 9.17) is 4.74 Å². The molecular weight excluding hydrogens is 420 g/mol. The second kappa shape index (κ2) is 11.2. The molecule has 1 aliphatic heterocycles. The van der Waals surface area contributed by atoms with E-state index in [-0.39, 0.29) is 23.2 Å². The second-order valence-corrected chi connectivity index (χ2v) is 9.69. The highest BCUT2D eigenvalue weighted by Crippen LogP contribution is 2.17. The van der Waals surface area contributed by atoms with E-state index in [2.05, 4.69) is 37.9 Å². The summed E-state index contributed by atoms with van der Waals surface area (Å²) in [5.74, 6) is 0.152. The number of benzene rings is 1. The highest BCUT2D eigenvalue weighted by molar-refractivity contribution is 7.91. The molecule has 2 aromatic rings. The van der Waals surface area contributed by atoms with Crippen LogP contribution in [0.3, 0.4) is 0 Å². The molecule has 0 bridgehead atoms. The minimum atomic E-state index is -3.69. The maximum Gasteiger partial charge on any atom is 0.267 e. The van der Waals surface area contributed by atoms with E-state index in [1.807, 2.05) is 12.1 Å². The van der Waals surface area contributed by atoms with E-state index in [1.165, 1.54) is 31.9 Å². The van der Waals surface area contributed by atoms with Gasteiger partial charge < -0.3 is 10.1 Å². The molecule has 0 unspecified atom stereocenters. The molecule has 1 amide bonds. The number of tetrazole rings is 1. The van der Waals surface area contributed by atoms with Crippen molar-refractivity contribution in [2.75, 3.05) is 32.0 Å². The Morgan fingerprint density at radius 3 is 2.77 bits per heavy atom. The van der Waals surface area contributed by atoms with Crippen LogP contribution in [0.1, 0.15) is 37.7 Å². The molecule has 31 heavy (non-hydrogen) atoms. The van der Waals surface area contributed by atoms with Crippen LogP contribution in [0.25, 0.3) is 0 Å². The highest BCUT2D eigenvalue weighted by atomic mass is 32.2. The number of aromatic nitrogens is 4. The molecule has 170 valence electrons. The summed E-state index contributed by atoms with van der Waals surface area (Å²) in [6.07, 6.45) is 4.35. The first-order valence-electron chi connectivity index (χ1n) is 10.6. The zero-order chi connectivity index (χ0) is 22.1. The first kappa shape index (κ1) is 23.1. The average Bonchev–Trinajstić information content (AvgIpc) is 3.20. The molecule has 10 nitrogen and oxygen atoms in total. The summed E-state index contributed by atoms with van der Waals surface area (Å²) in [5, 5.41) is 12.8. The lowest BCUT2D eigenvalue weighted by atomic mass is 10.1. The predicted molar refractivity (Wildman–Crippen MR) is 114 cm³/mol. The summed E-state index contributed by atoms with van der Waals surface area (Å²) in [6.45, 7) is 4.14. The second-order valence-electron chi connectivity index (χ2n) is 7.69. The number of hydrogen-bond acceptors (Lipinski definition) is 8. The number of carbonyl (C=O) groups is 1. The van der Waals surface area contributed by atoms with Gasteiger partial charge in [0.1, 0.15) is 5.75 Å². The number of carbonyl (C=O) groups excluding carboxylic acids is 1. The maximum atomic E-state index is 12.1. The number of nitrogens with one attached hydrogen (secondary N) is 1. The third-order valence-corrected chi connectivity index (χ3v) is 6.77. The van der Waals surface area contributed by atoms with Crippen molar-refractivity contribution in [3.05, 3.63) is 29.8 Å². The Labute approximate surface area is 182 Å². The van der Waals surface area contributed by atoms with Gasteiger partial charge in [-0.3, -0.25) is 9.69 Å². The third kappa shape index (κ3) is 7.28. The van der Waals surface area contributed by atoms with Gasteiger partial charge in [-0.2, -0.15) is 0 Å². The first-order chi connectivity index (χ1) is 14.9. The minimum absolute atomic E-state index is 0.144. The molecule has 3 rings (SSSR count). The number of piperidine rings is 1. The molecule has 0 saturated carbocycles. The molecule has 0 atom stereocenters. The lowest BCUT2D eigenvalue weighted by molar-refractivity contribution is -0.120. The maximum absolute atomic E-state index is 12.1. The summed E-state index contributed by atoms with van der Waals surface area (Å²) in [7, 11) is -2.25. The van der Waals surface area contributed by atoms with Crippen molar-refractivity contribution in [2.45, 2.75) is 43.8 Å². The smallest absolute Gasteiger partial charge is 0.267 e. The largest absolute Gasteiger partial charge is 0.494 e. The predicted octanol–water partition coefficient (Wildman–Crippen LogP) is 0.945. The fourth-order valence-corrected chi connectivity index (χ4v) is 4.73. The molecule has 1 aromatic heterocycles. The van der Waals surface area contributed by atoms with Crippen molar-refractivity contribution in [1.29, 1.82) is 0 Å². The lowest BCUT2D eigenvalue weighted by Gasteiger charge is -2.26. The van der Waals surface area contributed by atoms with Crippen LogP contribution in [0.4, 0.5) is 0 Å². The van der Waals surface area contributed by atoms with E-state index in [1.54, 1.807) is 0 Å². The van der Waals surface area contributed by atoms with E-state index < -0.39 is 9.84 Å². The van der Waals surface area contributed by atoms with Crippen LogP contribution >= 0.6 is 0 Å². The van der Waals surface area contributed by atoms with E-state index in [0.29, 0.717) is 19.6 Å². The van der Waals surface area contributed by atoms with Crippen molar-refractivity contribution in [2.24, 2.45) is 7.05 Å². The Hall–Kier alpha value is -2.53. The molecule has 1 aromatic carbocycles. The molecule has 1 aliphatic rings. The molecular formula is C20H30N6O4S. The lowest BCUT2D eigenvalue weighted by Crippen LogP contribution is -2.29. The molecule has 2 heterocycles. The van der Waals surface area contributed by atoms with Crippen LogP contribution in [0.15, 0.2) is 29.4 Å². The summed E-state index contributed by atoms with van der Waals surface area (Å²) >= 11 is 0. The number of likely N-dealkylation sites (tertiary alicyclic amines) is 1. The molecule has 0 spiro atoms. The van der Waals surface area contributed by atoms with Gasteiger partial charge in [-0.25, -0.2) is 13.1 Å². The number of nitrogens with zero attached hydrogens (tertiary/aromatic N) is 5. The van der Waals surface area contributed by atoms with Crippen LogP contribution in [-0.2, 0) is 28.2 Å². The summed E-state index contributed by atoms with van der Waals surface area (Å²) in [4.78, 5) is 14.4. The Bertz CT molecular complexity index is 956. The number of sulfone groups is 1. The van der Waals surface area contributed by atoms with Crippen LogP contribution in [0, 0.1) is 0 Å². The fourth-order valence-electron chi connectivity index (χ4n) is 3.49. The Morgan fingerprint density at radius 1 is 1.23 bits per heavy atom. The number of hydrogen-bond donors (Lipinski definition) is 1. The van der Waals surface area contributed by atoms with Crippen molar-refractivity contribution in [3.63, 3.8) is 0 Å². The van der Waals surface area contributed by atoms with E-state index >= 15 is 0 Å². The third-order valence-electron chi connectivity index (χ3n) is 5.12. The SMILES string of the molecule is Cn1nnnc1S(=O)(=O)CCC(=O)NCCCOc1cccc(CN2CCCCC2)c1. The molecule has 1 saturated heterocycles.